The molecule has 0 bridgehead atoms. The maximum absolute atomic E-state index is 13.9. The molecular weight excluding hydrogens is 476 g/mol. The van der Waals surface area contributed by atoms with Crippen LogP contribution in [0.2, 0.25) is 0 Å². The average molecular weight is 507 g/mol. The third-order valence-electron chi connectivity index (χ3n) is 5.24. The van der Waals surface area contributed by atoms with E-state index in [2.05, 4.69) is 11.9 Å². The van der Waals surface area contributed by atoms with Crippen molar-refractivity contribution < 1.29 is 17.9 Å². The maximum atomic E-state index is 13.9. The number of thioether (sulfide) groups is 1. The van der Waals surface area contributed by atoms with Crippen LogP contribution in [0.25, 0.3) is 10.2 Å². The summed E-state index contributed by atoms with van der Waals surface area (Å²) in [7, 11) is -2.71. The number of fused-ring (bicyclic) bond motifs is 1. The van der Waals surface area contributed by atoms with Crippen molar-refractivity contribution in [2.45, 2.75) is 55.4 Å². The van der Waals surface area contributed by atoms with Crippen molar-refractivity contribution in [3.05, 3.63) is 54.1 Å². The molecule has 178 valence electrons. The van der Waals surface area contributed by atoms with Crippen LogP contribution in [0, 0.1) is 5.92 Å². The van der Waals surface area contributed by atoms with Gasteiger partial charge in [-0.05, 0) is 36.1 Å². The van der Waals surface area contributed by atoms with Crippen LogP contribution in [0.5, 0.6) is 0 Å². The van der Waals surface area contributed by atoms with Gasteiger partial charge in [0.25, 0.3) is 0 Å². The predicted octanol–water partition coefficient (Wildman–Crippen LogP) is 5.58. The number of rotatable bonds is 11. The summed E-state index contributed by atoms with van der Waals surface area (Å²) < 4.78 is 35.7. The number of hydrogen-bond acceptors (Lipinski definition) is 7. The number of methoxy groups -OCH3 is 1. The first-order chi connectivity index (χ1) is 15.8. The zero-order valence-corrected chi connectivity index (χ0v) is 21.8. The summed E-state index contributed by atoms with van der Waals surface area (Å²) in [6.07, 6.45) is 2.23. The Balaban J connectivity index is 2.02. The summed E-state index contributed by atoms with van der Waals surface area (Å²) >= 11 is 3.19. The molecule has 9 heteroatoms. The fraction of sp³-hybridized carbons (Fsp3) is 0.417. The van der Waals surface area contributed by atoms with Crippen LogP contribution in [0.1, 0.15) is 39.2 Å². The number of ether oxygens (including phenoxy) is 1. The molecule has 0 aliphatic rings. The summed E-state index contributed by atoms with van der Waals surface area (Å²) in [4.78, 5) is 17.4. The van der Waals surface area contributed by atoms with Gasteiger partial charge in [-0.25, -0.2) is 13.4 Å². The van der Waals surface area contributed by atoms with Crippen molar-refractivity contribution in [2.75, 3.05) is 12.9 Å². The normalized spacial score (nSPS) is 13.0. The molecule has 0 saturated carbocycles. The van der Waals surface area contributed by atoms with Gasteiger partial charge in [0.05, 0.1) is 22.2 Å². The Morgan fingerprint density at radius 1 is 1.18 bits per heavy atom. The summed E-state index contributed by atoms with van der Waals surface area (Å²) in [5.41, 5.74) is 1.57. The highest BCUT2D eigenvalue weighted by Gasteiger charge is 2.38. The highest BCUT2D eigenvalue weighted by atomic mass is 32.2. The van der Waals surface area contributed by atoms with Crippen LogP contribution in [-0.2, 0) is 26.1 Å². The summed E-state index contributed by atoms with van der Waals surface area (Å²) in [5, 5.41) is 0. The Morgan fingerprint density at radius 3 is 2.55 bits per heavy atom. The van der Waals surface area contributed by atoms with E-state index in [-0.39, 0.29) is 17.4 Å². The minimum absolute atomic E-state index is 0.0694. The van der Waals surface area contributed by atoms with E-state index in [1.54, 1.807) is 30.0 Å². The second-order valence-corrected chi connectivity index (χ2v) is 12.3. The van der Waals surface area contributed by atoms with E-state index in [0.29, 0.717) is 0 Å². The molecule has 2 aromatic carbocycles. The third-order valence-corrected chi connectivity index (χ3v) is 9.31. The zero-order valence-electron chi connectivity index (χ0n) is 19.4. The molecule has 1 heterocycles. The SMILES string of the molecule is CCCCSc1nc2ccc(S(=O)(=O)N(Cc3ccccc3)[C@@H](C(=O)OC)C(C)C)cc2s1. The van der Waals surface area contributed by atoms with Crippen LogP contribution in [0.15, 0.2) is 57.8 Å². The molecule has 0 unspecified atom stereocenters. The van der Waals surface area contributed by atoms with Gasteiger partial charge in [0.15, 0.2) is 4.34 Å². The Bertz CT molecular complexity index is 1180. The number of nitrogens with zero attached hydrogens (tertiary/aromatic N) is 2. The lowest BCUT2D eigenvalue weighted by atomic mass is 10.0. The van der Waals surface area contributed by atoms with Gasteiger partial charge in [0.1, 0.15) is 6.04 Å². The third kappa shape index (κ3) is 6.15. The molecule has 3 rings (SSSR count). The van der Waals surface area contributed by atoms with Gasteiger partial charge in [0, 0.05) is 12.3 Å². The molecule has 0 aliphatic heterocycles. The highest BCUT2D eigenvalue weighted by Crippen LogP contribution is 2.33. The van der Waals surface area contributed by atoms with Crippen LogP contribution in [0.4, 0.5) is 0 Å². The van der Waals surface area contributed by atoms with Gasteiger partial charge >= 0.3 is 5.97 Å². The van der Waals surface area contributed by atoms with Crippen LogP contribution < -0.4 is 0 Å². The molecule has 1 aromatic heterocycles. The molecule has 6 nitrogen and oxygen atoms in total. The molecule has 0 radical (unpaired) electrons. The molecule has 0 N–H and O–H groups in total. The van der Waals surface area contributed by atoms with E-state index in [1.165, 1.54) is 22.8 Å². The van der Waals surface area contributed by atoms with Gasteiger partial charge in [-0.1, -0.05) is 69.3 Å². The van der Waals surface area contributed by atoms with E-state index >= 15 is 0 Å². The van der Waals surface area contributed by atoms with Crippen LogP contribution >= 0.6 is 23.1 Å². The maximum Gasteiger partial charge on any atom is 0.324 e. The van der Waals surface area contributed by atoms with E-state index in [9.17, 15) is 13.2 Å². The van der Waals surface area contributed by atoms with Gasteiger partial charge in [0.2, 0.25) is 10.0 Å². The number of thiazole rings is 1. The second kappa shape index (κ2) is 11.5. The minimum Gasteiger partial charge on any atom is -0.468 e. The number of sulfonamides is 1. The fourth-order valence-electron chi connectivity index (χ4n) is 3.48. The summed E-state index contributed by atoms with van der Waals surface area (Å²) in [6, 6.07) is 13.3. The average Bonchev–Trinajstić information content (AvgIpc) is 3.21. The summed E-state index contributed by atoms with van der Waals surface area (Å²) in [5.74, 6) is 0.143. The van der Waals surface area contributed by atoms with E-state index < -0.39 is 22.0 Å². The van der Waals surface area contributed by atoms with Gasteiger partial charge in [-0.3, -0.25) is 4.79 Å². The van der Waals surface area contributed by atoms with Crippen molar-refractivity contribution >= 4 is 49.3 Å². The number of hydrogen-bond donors (Lipinski definition) is 0. The molecule has 0 aliphatic carbocycles. The second-order valence-electron chi connectivity index (χ2n) is 8.06. The van der Waals surface area contributed by atoms with E-state index in [1.807, 2.05) is 44.2 Å². The van der Waals surface area contributed by atoms with Crippen molar-refractivity contribution in [2.24, 2.45) is 5.92 Å². The van der Waals surface area contributed by atoms with Crippen molar-refractivity contribution in [3.8, 4) is 0 Å². The lowest BCUT2D eigenvalue weighted by molar-refractivity contribution is -0.146. The zero-order chi connectivity index (χ0) is 24.0. The van der Waals surface area contributed by atoms with Gasteiger partial charge in [-0.15, -0.1) is 11.3 Å². The number of esters is 1. The highest BCUT2D eigenvalue weighted by molar-refractivity contribution is 8.01. The Morgan fingerprint density at radius 2 is 1.91 bits per heavy atom. The monoisotopic (exact) mass is 506 g/mol. The molecule has 0 amide bonds. The Labute approximate surface area is 204 Å². The molecule has 0 fully saturated rings. The largest absolute Gasteiger partial charge is 0.468 e. The number of benzene rings is 2. The summed E-state index contributed by atoms with van der Waals surface area (Å²) in [6.45, 7) is 5.86. The molecular formula is C24H30N2O4S3. The lowest BCUT2D eigenvalue weighted by Crippen LogP contribution is -2.48. The van der Waals surface area contributed by atoms with Crippen molar-refractivity contribution in [3.63, 3.8) is 0 Å². The quantitative estimate of drug-likeness (QED) is 0.192. The van der Waals surface area contributed by atoms with E-state index in [4.69, 9.17) is 4.74 Å². The number of carbonyl (C=O) groups is 1. The van der Waals surface area contributed by atoms with Crippen LogP contribution in [-0.4, -0.2) is 42.6 Å². The fourth-order valence-corrected chi connectivity index (χ4v) is 7.55. The van der Waals surface area contributed by atoms with E-state index in [0.717, 1.165) is 38.7 Å². The molecule has 0 spiro atoms. The molecule has 1 atom stereocenters. The van der Waals surface area contributed by atoms with Crippen molar-refractivity contribution in [1.82, 2.24) is 9.29 Å². The first-order valence-corrected chi connectivity index (χ1v) is 14.2. The molecule has 33 heavy (non-hydrogen) atoms. The van der Waals surface area contributed by atoms with Crippen LogP contribution in [0.3, 0.4) is 0 Å². The number of carbonyl (C=O) groups excluding carboxylic acids is 1. The first-order valence-electron chi connectivity index (χ1n) is 10.9. The number of aromatic nitrogens is 1. The Kier molecular flexibility index (Phi) is 8.92. The molecule has 3 aromatic rings. The first kappa shape index (κ1) is 25.7. The minimum atomic E-state index is -4.00. The topological polar surface area (TPSA) is 76.6 Å². The molecule has 0 saturated heterocycles. The van der Waals surface area contributed by atoms with Crippen molar-refractivity contribution in [1.29, 1.82) is 0 Å². The number of unbranched alkanes of at least 4 members (excludes halogenated alkanes) is 1. The Hall–Kier alpha value is -1.94. The predicted molar refractivity (Wildman–Crippen MR) is 135 cm³/mol. The lowest BCUT2D eigenvalue weighted by Gasteiger charge is -2.31. The smallest absolute Gasteiger partial charge is 0.324 e. The van der Waals surface area contributed by atoms with Gasteiger partial charge < -0.3 is 4.74 Å². The standard InChI is InChI=1S/C24H30N2O4S3/c1-5-6-14-31-24-25-20-13-12-19(15-21(20)32-24)33(28,29)26(16-18-10-8-7-9-11-18)22(17(2)3)23(27)30-4/h7-13,15,17,22H,5-6,14,16H2,1-4H3/t22-/m1/s1. The van der Waals surface area contributed by atoms with Gasteiger partial charge in [-0.2, -0.15) is 4.31 Å².